The molecule has 0 radical (unpaired) electrons. The predicted molar refractivity (Wildman–Crippen MR) is 73.7 cm³/mol. The molecule has 0 saturated carbocycles. The van der Waals surface area contributed by atoms with E-state index in [1.54, 1.807) is 6.07 Å². The highest BCUT2D eigenvalue weighted by molar-refractivity contribution is 5.27. The van der Waals surface area contributed by atoms with Crippen molar-refractivity contribution in [1.29, 1.82) is 0 Å². The molecule has 2 aliphatic rings. The minimum atomic E-state index is -0.0852. The molecule has 2 aliphatic heterocycles. The third-order valence-electron chi connectivity index (χ3n) is 4.30. The fourth-order valence-electron chi connectivity index (χ4n) is 3.28. The molecular weight excluding hydrogens is 241 g/mol. The van der Waals surface area contributed by atoms with Gasteiger partial charge in [0.15, 0.2) is 0 Å². The normalized spacial score (nSPS) is 22.1. The number of hydrogen-bond donors (Lipinski definition) is 0. The van der Waals surface area contributed by atoms with Crippen LogP contribution in [0.4, 0.5) is 4.39 Å². The largest absolute Gasteiger partial charge is 0.372 e. The first kappa shape index (κ1) is 13.1. The van der Waals surface area contributed by atoms with Gasteiger partial charge in [-0.25, -0.2) is 4.39 Å². The highest BCUT2D eigenvalue weighted by Crippen LogP contribution is 2.35. The van der Waals surface area contributed by atoms with Crippen molar-refractivity contribution in [2.45, 2.75) is 44.8 Å². The fourth-order valence-corrected chi connectivity index (χ4v) is 3.28. The van der Waals surface area contributed by atoms with Gasteiger partial charge >= 0.3 is 0 Å². The van der Waals surface area contributed by atoms with Crippen LogP contribution in [0.3, 0.4) is 0 Å². The van der Waals surface area contributed by atoms with E-state index in [0.29, 0.717) is 0 Å². The molecule has 2 saturated heterocycles. The molecule has 19 heavy (non-hydrogen) atoms. The van der Waals surface area contributed by atoms with Gasteiger partial charge in [-0.05, 0) is 36.0 Å². The van der Waals surface area contributed by atoms with Gasteiger partial charge < -0.3 is 4.74 Å². The second kappa shape index (κ2) is 4.88. The van der Waals surface area contributed by atoms with Gasteiger partial charge in [-0.3, -0.25) is 4.90 Å². The van der Waals surface area contributed by atoms with Crippen molar-refractivity contribution in [1.82, 2.24) is 4.90 Å². The fraction of sp³-hybridized carbons (Fsp3) is 0.625. The van der Waals surface area contributed by atoms with Gasteiger partial charge in [0.2, 0.25) is 0 Å². The number of benzene rings is 1. The summed E-state index contributed by atoms with van der Waals surface area (Å²) in [7, 11) is 0. The summed E-state index contributed by atoms with van der Waals surface area (Å²) in [6.45, 7) is 7.95. The maximum absolute atomic E-state index is 13.7. The molecule has 1 aromatic carbocycles. The van der Waals surface area contributed by atoms with Crippen LogP contribution in [0.15, 0.2) is 18.2 Å². The zero-order chi connectivity index (χ0) is 13.5. The second-order valence-electron chi connectivity index (χ2n) is 6.29. The zero-order valence-corrected chi connectivity index (χ0v) is 11.8. The topological polar surface area (TPSA) is 12.5 Å². The molecule has 0 aliphatic carbocycles. The van der Waals surface area contributed by atoms with Crippen molar-refractivity contribution in [3.05, 3.63) is 35.1 Å². The first-order valence-electron chi connectivity index (χ1n) is 7.23. The van der Waals surface area contributed by atoms with E-state index >= 15 is 0 Å². The number of halogens is 1. The minimum Gasteiger partial charge on any atom is -0.372 e. The van der Waals surface area contributed by atoms with Crippen LogP contribution in [-0.2, 0) is 11.3 Å². The Bertz CT molecular complexity index is 458. The second-order valence-corrected chi connectivity index (χ2v) is 6.29. The van der Waals surface area contributed by atoms with Crippen LogP contribution in [0, 0.1) is 5.82 Å². The Labute approximate surface area is 114 Å². The summed E-state index contributed by atoms with van der Waals surface area (Å²) in [5.74, 6) is 0.152. The third-order valence-corrected chi connectivity index (χ3v) is 4.30. The van der Waals surface area contributed by atoms with Gasteiger partial charge in [0.25, 0.3) is 0 Å². The number of ether oxygens (including phenoxy) is 1. The summed E-state index contributed by atoms with van der Waals surface area (Å²) >= 11 is 0. The Kier molecular flexibility index (Phi) is 3.35. The first-order valence-corrected chi connectivity index (χ1v) is 7.23. The van der Waals surface area contributed by atoms with Gasteiger partial charge in [0.05, 0.1) is 5.60 Å². The lowest BCUT2D eigenvalue weighted by atomic mass is 9.90. The number of rotatable bonds is 3. The Hall–Kier alpha value is -0.930. The highest BCUT2D eigenvalue weighted by Gasteiger charge is 2.45. The van der Waals surface area contributed by atoms with Gasteiger partial charge in [-0.1, -0.05) is 26.0 Å². The molecule has 2 heterocycles. The van der Waals surface area contributed by atoms with Crippen LogP contribution in [0.25, 0.3) is 0 Å². The van der Waals surface area contributed by atoms with Crippen LogP contribution in [0.1, 0.15) is 43.7 Å². The molecule has 2 fully saturated rings. The van der Waals surface area contributed by atoms with Gasteiger partial charge in [-0.15, -0.1) is 0 Å². The lowest BCUT2D eigenvalue weighted by Gasteiger charge is -2.47. The highest BCUT2D eigenvalue weighted by atomic mass is 19.1. The number of likely N-dealkylation sites (tertiary alicyclic amines) is 1. The van der Waals surface area contributed by atoms with Gasteiger partial charge in [-0.2, -0.15) is 0 Å². The van der Waals surface area contributed by atoms with E-state index in [4.69, 9.17) is 4.74 Å². The predicted octanol–water partition coefficient (Wildman–Crippen LogP) is 3.31. The van der Waals surface area contributed by atoms with Crippen LogP contribution >= 0.6 is 0 Å². The Morgan fingerprint density at radius 2 is 2.16 bits per heavy atom. The van der Waals surface area contributed by atoms with Crippen LogP contribution in [0.2, 0.25) is 0 Å². The maximum atomic E-state index is 13.7. The first-order chi connectivity index (χ1) is 9.08. The summed E-state index contributed by atoms with van der Waals surface area (Å²) in [4.78, 5) is 2.39. The van der Waals surface area contributed by atoms with Crippen molar-refractivity contribution in [3.63, 3.8) is 0 Å². The molecule has 0 bridgehead atoms. The molecule has 0 N–H and O–H groups in total. The van der Waals surface area contributed by atoms with Crippen molar-refractivity contribution in [2.24, 2.45) is 0 Å². The molecule has 3 heteroatoms. The number of hydrogen-bond acceptors (Lipinski definition) is 2. The Morgan fingerprint density at radius 1 is 1.37 bits per heavy atom. The SMILES string of the molecule is CC(C)c1cc(CN2CC3(CCCO3)C2)ccc1F. The Morgan fingerprint density at radius 3 is 2.79 bits per heavy atom. The average Bonchev–Trinajstić information content (AvgIpc) is 2.80. The summed E-state index contributed by atoms with van der Waals surface area (Å²) < 4.78 is 19.5. The lowest BCUT2D eigenvalue weighted by molar-refractivity contribution is -0.114. The summed E-state index contributed by atoms with van der Waals surface area (Å²) in [6.07, 6.45) is 2.39. The summed E-state index contributed by atoms with van der Waals surface area (Å²) in [5.41, 5.74) is 2.18. The zero-order valence-electron chi connectivity index (χ0n) is 11.8. The molecule has 1 spiro atoms. The van der Waals surface area contributed by atoms with Crippen molar-refractivity contribution in [2.75, 3.05) is 19.7 Å². The standard InChI is InChI=1S/C16H22FNO/c1-12(2)14-8-13(4-5-15(14)17)9-18-10-16(11-18)6-3-7-19-16/h4-5,8,12H,3,6-7,9-11H2,1-2H3. The average molecular weight is 263 g/mol. The van der Waals surface area contributed by atoms with Gasteiger partial charge in [0.1, 0.15) is 5.82 Å². The summed E-state index contributed by atoms with van der Waals surface area (Å²) in [5, 5.41) is 0. The third kappa shape index (κ3) is 2.54. The molecule has 0 unspecified atom stereocenters. The maximum Gasteiger partial charge on any atom is 0.126 e. The Balaban J connectivity index is 1.63. The molecule has 0 amide bonds. The van der Waals surface area contributed by atoms with E-state index in [2.05, 4.69) is 4.90 Å². The van der Waals surface area contributed by atoms with Crippen molar-refractivity contribution in [3.8, 4) is 0 Å². The number of nitrogens with zero attached hydrogens (tertiary/aromatic N) is 1. The molecule has 0 atom stereocenters. The molecule has 0 aromatic heterocycles. The molecule has 3 rings (SSSR count). The van der Waals surface area contributed by atoms with E-state index in [0.717, 1.165) is 31.8 Å². The van der Waals surface area contributed by atoms with Crippen LogP contribution in [0.5, 0.6) is 0 Å². The molecule has 104 valence electrons. The van der Waals surface area contributed by atoms with E-state index in [-0.39, 0.29) is 17.3 Å². The van der Waals surface area contributed by atoms with Crippen molar-refractivity contribution >= 4 is 0 Å². The van der Waals surface area contributed by atoms with E-state index in [1.165, 1.54) is 18.4 Å². The van der Waals surface area contributed by atoms with Gasteiger partial charge in [0, 0.05) is 26.2 Å². The molecular formula is C16H22FNO. The van der Waals surface area contributed by atoms with Crippen molar-refractivity contribution < 1.29 is 9.13 Å². The quantitative estimate of drug-likeness (QED) is 0.829. The smallest absolute Gasteiger partial charge is 0.126 e. The molecule has 1 aromatic rings. The summed E-state index contributed by atoms with van der Waals surface area (Å²) in [6, 6.07) is 5.52. The minimum absolute atomic E-state index is 0.0852. The van der Waals surface area contributed by atoms with E-state index in [1.807, 2.05) is 26.0 Å². The van der Waals surface area contributed by atoms with Crippen LogP contribution < -0.4 is 0 Å². The molecule has 2 nitrogen and oxygen atoms in total. The van der Waals surface area contributed by atoms with E-state index < -0.39 is 0 Å². The lowest BCUT2D eigenvalue weighted by Crippen LogP contribution is -2.60. The van der Waals surface area contributed by atoms with Crippen LogP contribution in [-0.4, -0.2) is 30.2 Å². The van der Waals surface area contributed by atoms with E-state index in [9.17, 15) is 4.39 Å². The monoisotopic (exact) mass is 263 g/mol.